The van der Waals surface area contributed by atoms with Gasteiger partial charge >= 0.3 is 6.09 Å². The van der Waals surface area contributed by atoms with Crippen molar-refractivity contribution >= 4 is 12.0 Å². The molecule has 0 aromatic heterocycles. The highest BCUT2D eigenvalue weighted by Gasteiger charge is 2.42. The van der Waals surface area contributed by atoms with Crippen LogP contribution in [-0.4, -0.2) is 54.9 Å². The molecule has 3 unspecified atom stereocenters. The molecule has 3 atom stereocenters. The van der Waals surface area contributed by atoms with Gasteiger partial charge in [0.05, 0.1) is 19.8 Å². The first-order valence-electron chi connectivity index (χ1n) is 5.88. The molecule has 0 aromatic carbocycles. The van der Waals surface area contributed by atoms with Crippen LogP contribution in [0.25, 0.3) is 0 Å². The van der Waals surface area contributed by atoms with Crippen molar-refractivity contribution in [3.63, 3.8) is 0 Å². The number of carbonyl (C=O) groups excluding carboxylic acids is 2. The number of nitrogens with one attached hydrogen (secondary N) is 1. The van der Waals surface area contributed by atoms with Gasteiger partial charge in [-0.1, -0.05) is 0 Å². The molecule has 0 bridgehead atoms. The molecule has 2 rings (SSSR count). The summed E-state index contributed by atoms with van der Waals surface area (Å²) < 4.78 is 4.35. The number of amides is 2. The van der Waals surface area contributed by atoms with E-state index >= 15 is 0 Å². The predicted octanol–water partition coefficient (Wildman–Crippen LogP) is -0.428. The van der Waals surface area contributed by atoms with Gasteiger partial charge in [-0.3, -0.25) is 15.0 Å². The van der Waals surface area contributed by atoms with Crippen molar-refractivity contribution in [1.29, 1.82) is 0 Å². The summed E-state index contributed by atoms with van der Waals surface area (Å²) in [6, 6.07) is 0. The van der Waals surface area contributed by atoms with E-state index in [0.29, 0.717) is 11.8 Å². The van der Waals surface area contributed by atoms with E-state index in [1.165, 1.54) is 7.11 Å². The van der Waals surface area contributed by atoms with Gasteiger partial charge in [-0.05, 0) is 18.8 Å². The number of aliphatic hydroxyl groups is 1. The topological polar surface area (TPSA) is 78.9 Å². The van der Waals surface area contributed by atoms with Crippen LogP contribution in [0.1, 0.15) is 12.8 Å². The molecule has 2 aliphatic rings. The lowest BCUT2D eigenvalue weighted by Gasteiger charge is -2.16. The summed E-state index contributed by atoms with van der Waals surface area (Å²) in [5.41, 5.74) is 0. The van der Waals surface area contributed by atoms with Gasteiger partial charge in [0.2, 0.25) is 5.91 Å². The Hall–Kier alpha value is -1.14. The van der Waals surface area contributed by atoms with Crippen LogP contribution in [0.3, 0.4) is 0 Å². The standard InChI is InChI=1S/C11H18N2O4/c1-17-11(16)12-10(15)6-13-4-7-2-3-9(14)8(7)5-13/h7-9,14H,2-6H2,1H3,(H,12,15,16). The molecule has 1 heterocycles. The number of alkyl carbamates (subject to hydrolysis) is 1. The Balaban J connectivity index is 1.78. The van der Waals surface area contributed by atoms with Gasteiger partial charge in [-0.15, -0.1) is 0 Å². The molecule has 2 N–H and O–H groups in total. The fourth-order valence-corrected chi connectivity index (χ4v) is 2.87. The first-order valence-corrected chi connectivity index (χ1v) is 5.88. The van der Waals surface area contributed by atoms with E-state index < -0.39 is 6.09 Å². The number of likely N-dealkylation sites (tertiary alicyclic amines) is 1. The number of fused-ring (bicyclic) bond motifs is 1. The second kappa shape index (κ2) is 5.01. The summed E-state index contributed by atoms with van der Waals surface area (Å²) in [6.45, 7) is 1.76. The average Bonchev–Trinajstić information content (AvgIpc) is 2.81. The van der Waals surface area contributed by atoms with Crippen LogP contribution in [0.4, 0.5) is 4.79 Å². The largest absolute Gasteiger partial charge is 0.453 e. The Bertz CT molecular complexity index is 321. The molecule has 6 nitrogen and oxygen atoms in total. The molecule has 1 saturated carbocycles. The quantitative estimate of drug-likeness (QED) is 0.687. The van der Waals surface area contributed by atoms with Gasteiger partial charge < -0.3 is 9.84 Å². The third-order valence-corrected chi connectivity index (χ3v) is 3.69. The molecule has 0 aromatic rings. The lowest BCUT2D eigenvalue weighted by atomic mass is 10.00. The number of methoxy groups -OCH3 is 1. The molecule has 0 radical (unpaired) electrons. The summed E-state index contributed by atoms with van der Waals surface area (Å²) in [5, 5.41) is 11.9. The molecule has 1 saturated heterocycles. The number of carbonyl (C=O) groups is 2. The lowest BCUT2D eigenvalue weighted by molar-refractivity contribution is -0.121. The second-order valence-electron chi connectivity index (χ2n) is 4.80. The first kappa shape index (κ1) is 12.3. The summed E-state index contributed by atoms with van der Waals surface area (Å²) in [5.74, 6) is 0.433. The number of ether oxygens (including phenoxy) is 1. The predicted molar refractivity (Wildman–Crippen MR) is 59.2 cm³/mol. The van der Waals surface area contributed by atoms with Crippen molar-refractivity contribution in [3.8, 4) is 0 Å². The van der Waals surface area contributed by atoms with Gasteiger partial charge in [-0.25, -0.2) is 4.79 Å². The van der Waals surface area contributed by atoms with Gasteiger partial charge in [0.15, 0.2) is 0 Å². The van der Waals surface area contributed by atoms with Gasteiger partial charge in [0.25, 0.3) is 0 Å². The Morgan fingerprint density at radius 2 is 2.18 bits per heavy atom. The fraction of sp³-hybridized carbons (Fsp3) is 0.818. The van der Waals surface area contributed by atoms with E-state index in [2.05, 4.69) is 10.1 Å². The van der Waals surface area contributed by atoms with Gasteiger partial charge in [0, 0.05) is 19.0 Å². The van der Waals surface area contributed by atoms with Crippen molar-refractivity contribution in [2.75, 3.05) is 26.7 Å². The zero-order valence-electron chi connectivity index (χ0n) is 9.89. The highest BCUT2D eigenvalue weighted by molar-refractivity contribution is 5.92. The van der Waals surface area contributed by atoms with Crippen LogP contribution in [-0.2, 0) is 9.53 Å². The molecular formula is C11H18N2O4. The highest BCUT2D eigenvalue weighted by Crippen LogP contribution is 2.37. The SMILES string of the molecule is COC(=O)NC(=O)CN1CC2CCC(O)C2C1. The van der Waals surface area contributed by atoms with Gasteiger partial charge in [-0.2, -0.15) is 0 Å². The Morgan fingerprint density at radius 3 is 2.82 bits per heavy atom. The fourth-order valence-electron chi connectivity index (χ4n) is 2.87. The monoisotopic (exact) mass is 242 g/mol. The first-order chi connectivity index (χ1) is 8.10. The summed E-state index contributed by atoms with van der Waals surface area (Å²) in [7, 11) is 1.22. The van der Waals surface area contributed by atoms with E-state index in [4.69, 9.17) is 0 Å². The van der Waals surface area contributed by atoms with Crippen LogP contribution < -0.4 is 5.32 Å². The van der Waals surface area contributed by atoms with Crippen LogP contribution in [0.2, 0.25) is 0 Å². The Labute approximate surface area is 99.9 Å². The minimum atomic E-state index is -0.727. The number of nitrogens with zero attached hydrogens (tertiary/aromatic N) is 1. The zero-order chi connectivity index (χ0) is 12.4. The van der Waals surface area contributed by atoms with Crippen molar-refractivity contribution in [1.82, 2.24) is 10.2 Å². The Morgan fingerprint density at radius 1 is 1.41 bits per heavy atom. The van der Waals surface area contributed by atoms with E-state index in [0.717, 1.165) is 25.9 Å². The van der Waals surface area contributed by atoms with Crippen LogP contribution in [0, 0.1) is 11.8 Å². The lowest BCUT2D eigenvalue weighted by Crippen LogP contribution is -2.39. The molecular weight excluding hydrogens is 224 g/mol. The molecule has 6 heteroatoms. The molecule has 17 heavy (non-hydrogen) atoms. The van der Waals surface area contributed by atoms with Crippen LogP contribution >= 0.6 is 0 Å². The zero-order valence-corrected chi connectivity index (χ0v) is 9.89. The number of hydrogen-bond acceptors (Lipinski definition) is 5. The third kappa shape index (κ3) is 2.76. The molecule has 2 amide bonds. The van der Waals surface area contributed by atoms with Crippen molar-refractivity contribution in [3.05, 3.63) is 0 Å². The Kier molecular flexibility index (Phi) is 3.63. The number of imide groups is 1. The van der Waals surface area contributed by atoms with Crippen molar-refractivity contribution in [2.45, 2.75) is 18.9 Å². The minimum absolute atomic E-state index is 0.189. The number of hydrogen-bond donors (Lipinski definition) is 2. The maximum Gasteiger partial charge on any atom is 0.413 e. The normalized spacial score (nSPS) is 32.2. The van der Waals surface area contributed by atoms with Gasteiger partial charge in [0.1, 0.15) is 0 Å². The van der Waals surface area contributed by atoms with Crippen LogP contribution in [0.5, 0.6) is 0 Å². The average molecular weight is 242 g/mol. The molecule has 96 valence electrons. The van der Waals surface area contributed by atoms with Crippen LogP contribution in [0.15, 0.2) is 0 Å². The molecule has 2 fully saturated rings. The maximum atomic E-state index is 11.5. The number of aliphatic hydroxyl groups excluding tert-OH is 1. The third-order valence-electron chi connectivity index (χ3n) is 3.69. The van der Waals surface area contributed by atoms with Crippen molar-refractivity contribution in [2.24, 2.45) is 11.8 Å². The summed E-state index contributed by atoms with van der Waals surface area (Å²) >= 11 is 0. The maximum absolute atomic E-state index is 11.5. The smallest absolute Gasteiger partial charge is 0.413 e. The summed E-state index contributed by atoms with van der Waals surface area (Å²) in [6.07, 6.45) is 0.946. The second-order valence-corrected chi connectivity index (χ2v) is 4.80. The number of rotatable bonds is 2. The van der Waals surface area contributed by atoms with E-state index in [-0.39, 0.29) is 18.6 Å². The molecule has 0 spiro atoms. The minimum Gasteiger partial charge on any atom is -0.453 e. The highest BCUT2D eigenvalue weighted by atomic mass is 16.5. The van der Waals surface area contributed by atoms with E-state index in [1.54, 1.807) is 0 Å². The van der Waals surface area contributed by atoms with Crippen molar-refractivity contribution < 1.29 is 19.4 Å². The molecule has 1 aliphatic heterocycles. The van der Waals surface area contributed by atoms with E-state index in [9.17, 15) is 14.7 Å². The molecule has 1 aliphatic carbocycles. The summed E-state index contributed by atoms with van der Waals surface area (Å²) in [4.78, 5) is 24.3. The van der Waals surface area contributed by atoms with E-state index in [1.807, 2.05) is 4.90 Å².